The second-order valence-electron chi connectivity index (χ2n) is 6.57. The first-order valence-corrected chi connectivity index (χ1v) is 10.2. The lowest BCUT2D eigenvalue weighted by Gasteiger charge is -2.21. The number of benzene rings is 1. The Hall–Kier alpha value is -2.61. The van der Waals surface area contributed by atoms with Gasteiger partial charge in [-0.05, 0) is 29.8 Å². The molecule has 2 heterocycles. The summed E-state index contributed by atoms with van der Waals surface area (Å²) in [6, 6.07) is 10.3. The Bertz CT molecular complexity index is 933. The summed E-state index contributed by atoms with van der Waals surface area (Å²) in [5.41, 5.74) is 1.92. The molecule has 8 heteroatoms. The predicted octanol–water partition coefficient (Wildman–Crippen LogP) is 2.98. The molecule has 0 aliphatic carbocycles. The van der Waals surface area contributed by atoms with Crippen molar-refractivity contribution in [3.05, 3.63) is 54.0 Å². The predicted molar refractivity (Wildman–Crippen MR) is 99.2 cm³/mol. The summed E-state index contributed by atoms with van der Waals surface area (Å²) in [5.74, 6) is 0.378. The molecule has 7 nitrogen and oxygen atoms in total. The van der Waals surface area contributed by atoms with Crippen molar-refractivity contribution in [1.82, 2.24) is 5.01 Å². The van der Waals surface area contributed by atoms with E-state index in [-0.39, 0.29) is 17.9 Å². The number of hydrazone groups is 1. The molecule has 3 rings (SSSR count). The number of hydrogen-bond donors (Lipinski definition) is 1. The van der Waals surface area contributed by atoms with Crippen molar-refractivity contribution >= 4 is 27.3 Å². The molecule has 26 heavy (non-hydrogen) atoms. The number of rotatable bonds is 5. The van der Waals surface area contributed by atoms with Crippen LogP contribution in [0.4, 0.5) is 5.69 Å². The summed E-state index contributed by atoms with van der Waals surface area (Å²) in [7, 11) is -3.37. The maximum Gasteiger partial charge on any atom is 0.245 e. The van der Waals surface area contributed by atoms with E-state index in [0.29, 0.717) is 23.6 Å². The molecule has 2 aromatic rings. The first kappa shape index (κ1) is 18.2. The lowest BCUT2D eigenvalue weighted by molar-refractivity contribution is -0.136. The molecule has 0 unspecified atom stereocenters. The molecule has 0 spiro atoms. The van der Waals surface area contributed by atoms with E-state index >= 15 is 0 Å². The van der Waals surface area contributed by atoms with Crippen LogP contribution < -0.4 is 4.72 Å². The summed E-state index contributed by atoms with van der Waals surface area (Å²) in [4.78, 5) is 12.6. The lowest BCUT2D eigenvalue weighted by Crippen LogP contribution is -2.30. The van der Waals surface area contributed by atoms with Crippen molar-refractivity contribution in [2.75, 3.05) is 11.0 Å². The molecule has 1 aromatic carbocycles. The van der Waals surface area contributed by atoms with Crippen molar-refractivity contribution in [2.45, 2.75) is 26.3 Å². The smallest absolute Gasteiger partial charge is 0.245 e. The maximum absolute atomic E-state index is 12.6. The van der Waals surface area contributed by atoms with Gasteiger partial charge in [-0.2, -0.15) is 5.10 Å². The Kier molecular flexibility index (Phi) is 4.86. The molecule has 0 bridgehead atoms. The highest BCUT2D eigenvalue weighted by Crippen LogP contribution is 2.34. The van der Waals surface area contributed by atoms with Gasteiger partial charge in [0, 0.05) is 18.0 Å². The van der Waals surface area contributed by atoms with E-state index in [2.05, 4.69) is 9.82 Å². The summed E-state index contributed by atoms with van der Waals surface area (Å²) in [6.45, 7) is 3.65. The van der Waals surface area contributed by atoms with Crippen molar-refractivity contribution in [3.63, 3.8) is 0 Å². The van der Waals surface area contributed by atoms with Crippen molar-refractivity contribution < 1.29 is 17.6 Å². The molecule has 0 saturated heterocycles. The Morgan fingerprint density at radius 1 is 1.31 bits per heavy atom. The van der Waals surface area contributed by atoms with Gasteiger partial charge in [0.2, 0.25) is 15.9 Å². The zero-order chi connectivity index (χ0) is 18.9. The van der Waals surface area contributed by atoms with Gasteiger partial charge in [0.05, 0.1) is 18.2 Å². The van der Waals surface area contributed by atoms with E-state index in [1.165, 1.54) is 5.01 Å². The Labute approximate surface area is 152 Å². The first-order chi connectivity index (χ1) is 12.2. The molecule has 1 aliphatic heterocycles. The van der Waals surface area contributed by atoms with Crippen LogP contribution >= 0.6 is 0 Å². The molecule has 138 valence electrons. The second kappa shape index (κ2) is 6.95. The van der Waals surface area contributed by atoms with E-state index in [0.717, 1.165) is 11.8 Å². The normalized spacial score (nSPS) is 17.5. The van der Waals surface area contributed by atoms with Gasteiger partial charge >= 0.3 is 0 Å². The van der Waals surface area contributed by atoms with E-state index in [1.807, 2.05) is 26.0 Å². The zero-order valence-electron chi connectivity index (χ0n) is 14.8. The van der Waals surface area contributed by atoms with Crippen molar-refractivity contribution in [3.8, 4) is 0 Å². The molecule has 1 atom stereocenters. The largest absolute Gasteiger partial charge is 0.467 e. The first-order valence-electron chi connectivity index (χ1n) is 8.27. The highest BCUT2D eigenvalue weighted by molar-refractivity contribution is 7.92. The van der Waals surface area contributed by atoms with Crippen LogP contribution in [0, 0.1) is 5.92 Å². The maximum atomic E-state index is 12.6. The highest BCUT2D eigenvalue weighted by atomic mass is 32.2. The fourth-order valence-corrected chi connectivity index (χ4v) is 3.39. The van der Waals surface area contributed by atoms with Gasteiger partial charge < -0.3 is 4.42 Å². The van der Waals surface area contributed by atoms with Gasteiger partial charge in [0.15, 0.2) is 0 Å². The number of furan rings is 1. The van der Waals surface area contributed by atoms with Crippen LogP contribution in [0.5, 0.6) is 0 Å². The summed E-state index contributed by atoms with van der Waals surface area (Å²) < 4.78 is 30.8. The number of sulfonamides is 1. The Balaban J connectivity index is 1.94. The van der Waals surface area contributed by atoms with Crippen molar-refractivity contribution in [1.29, 1.82) is 0 Å². The lowest BCUT2D eigenvalue weighted by atomic mass is 10.0. The number of amides is 1. The molecule has 0 fully saturated rings. The molecule has 0 saturated carbocycles. The third-order valence-electron chi connectivity index (χ3n) is 4.00. The molecular formula is C18H21N3O4S. The minimum Gasteiger partial charge on any atom is -0.467 e. The van der Waals surface area contributed by atoms with Gasteiger partial charge in [-0.15, -0.1) is 0 Å². The van der Waals surface area contributed by atoms with Crippen LogP contribution in [0.15, 0.2) is 52.2 Å². The zero-order valence-corrected chi connectivity index (χ0v) is 15.7. The van der Waals surface area contributed by atoms with E-state index in [1.54, 1.807) is 30.5 Å². The van der Waals surface area contributed by atoms with E-state index < -0.39 is 10.0 Å². The van der Waals surface area contributed by atoms with Crippen molar-refractivity contribution in [2.24, 2.45) is 11.0 Å². The highest BCUT2D eigenvalue weighted by Gasteiger charge is 2.35. The average molecular weight is 375 g/mol. The molecule has 1 aromatic heterocycles. The van der Waals surface area contributed by atoms with Crippen LogP contribution in [0.1, 0.15) is 37.6 Å². The number of nitrogens with zero attached hydrogens (tertiary/aromatic N) is 2. The van der Waals surface area contributed by atoms with Gasteiger partial charge in [-0.25, -0.2) is 13.4 Å². The van der Waals surface area contributed by atoms with Crippen LogP contribution in [0.3, 0.4) is 0 Å². The van der Waals surface area contributed by atoms with Gasteiger partial charge in [0.1, 0.15) is 11.8 Å². The number of hydrogen-bond acceptors (Lipinski definition) is 5. The summed E-state index contributed by atoms with van der Waals surface area (Å²) >= 11 is 0. The minimum atomic E-state index is -3.37. The van der Waals surface area contributed by atoms with Crippen LogP contribution in [0.2, 0.25) is 0 Å². The van der Waals surface area contributed by atoms with Gasteiger partial charge in [-0.1, -0.05) is 26.0 Å². The molecule has 1 aliphatic rings. The van der Waals surface area contributed by atoms with Gasteiger partial charge in [0.25, 0.3) is 0 Å². The third-order valence-corrected chi connectivity index (χ3v) is 4.61. The van der Waals surface area contributed by atoms with Gasteiger partial charge in [-0.3, -0.25) is 9.52 Å². The standard InChI is InChI=1S/C18H21N3O4S/c1-12(2)18(22)21-16(17-8-5-9-25-17)11-15(19-21)13-6-4-7-14(10-13)20-26(3,23)24/h4-10,12,16,20H,11H2,1-3H3/t16-/m0/s1. The number of carbonyl (C=O) groups is 1. The SMILES string of the molecule is CC(C)C(=O)N1N=C(c2cccc(NS(C)(=O)=O)c2)C[C@H]1c1ccco1. The average Bonchev–Trinajstić information content (AvgIpc) is 3.22. The summed E-state index contributed by atoms with van der Waals surface area (Å²) in [6.07, 6.45) is 3.17. The Morgan fingerprint density at radius 2 is 2.08 bits per heavy atom. The van der Waals surface area contributed by atoms with Crippen LogP contribution in [-0.2, 0) is 14.8 Å². The monoisotopic (exact) mass is 375 g/mol. The number of anilines is 1. The topological polar surface area (TPSA) is 92.0 Å². The van der Waals surface area contributed by atoms with Crippen LogP contribution in [-0.4, -0.2) is 31.3 Å². The fourth-order valence-electron chi connectivity index (χ4n) is 2.83. The Morgan fingerprint density at radius 3 is 2.69 bits per heavy atom. The summed E-state index contributed by atoms with van der Waals surface area (Å²) in [5, 5.41) is 5.99. The molecular weight excluding hydrogens is 354 g/mol. The van der Waals surface area contributed by atoms with Crippen LogP contribution in [0.25, 0.3) is 0 Å². The number of nitrogens with one attached hydrogen (secondary N) is 1. The molecule has 0 radical (unpaired) electrons. The molecule has 1 N–H and O–H groups in total. The van der Waals surface area contributed by atoms with E-state index in [9.17, 15) is 13.2 Å². The third kappa shape index (κ3) is 3.96. The fraction of sp³-hybridized carbons (Fsp3) is 0.333. The molecule has 1 amide bonds. The minimum absolute atomic E-state index is 0.0909. The quantitative estimate of drug-likeness (QED) is 0.869. The van der Waals surface area contributed by atoms with E-state index in [4.69, 9.17) is 4.42 Å². The number of carbonyl (C=O) groups excluding carboxylic acids is 1. The second-order valence-corrected chi connectivity index (χ2v) is 8.32.